The van der Waals surface area contributed by atoms with Crippen LogP contribution in [0.15, 0.2) is 44.0 Å². The van der Waals surface area contributed by atoms with E-state index in [2.05, 4.69) is 15.9 Å². The van der Waals surface area contributed by atoms with Crippen molar-refractivity contribution in [3.8, 4) is 5.75 Å². The van der Waals surface area contributed by atoms with Gasteiger partial charge in [0.15, 0.2) is 5.76 Å². The number of rotatable bonds is 6. The van der Waals surface area contributed by atoms with E-state index in [1.165, 1.54) is 0 Å². The molecule has 0 unspecified atom stereocenters. The third-order valence-corrected chi connectivity index (χ3v) is 4.15. The van der Waals surface area contributed by atoms with Crippen LogP contribution in [-0.4, -0.2) is 22.8 Å². The van der Waals surface area contributed by atoms with Gasteiger partial charge >= 0.3 is 5.97 Å². The van der Waals surface area contributed by atoms with Gasteiger partial charge in [-0.15, -0.1) is 0 Å². The van der Waals surface area contributed by atoms with Crippen LogP contribution < -0.4 is 5.43 Å². The van der Waals surface area contributed by atoms with Gasteiger partial charge in [0.2, 0.25) is 11.2 Å². The highest BCUT2D eigenvalue weighted by Crippen LogP contribution is 2.36. The molecule has 1 aromatic carbocycles. The molecule has 0 amide bonds. The number of aliphatic hydroxyl groups excluding tert-OH is 1. The fourth-order valence-corrected chi connectivity index (χ4v) is 2.92. The van der Waals surface area contributed by atoms with Gasteiger partial charge in [0.05, 0.1) is 18.9 Å². The molecule has 0 aliphatic carbocycles. The predicted octanol–water partition coefficient (Wildman–Crippen LogP) is 2.69. The van der Waals surface area contributed by atoms with E-state index in [-0.39, 0.29) is 24.5 Å². The Hall–Kier alpha value is -2.12. The van der Waals surface area contributed by atoms with Crippen LogP contribution in [0.25, 0.3) is 0 Å². The second kappa shape index (κ2) is 8.12. The first-order valence-corrected chi connectivity index (χ1v) is 8.14. The molecule has 0 fully saturated rings. The van der Waals surface area contributed by atoms with Crippen molar-refractivity contribution in [2.24, 2.45) is 0 Å². The van der Waals surface area contributed by atoms with E-state index >= 15 is 0 Å². The lowest BCUT2D eigenvalue weighted by Gasteiger charge is -2.18. The maximum absolute atomic E-state index is 12.0. The zero-order chi connectivity index (χ0) is 17.7. The number of carbonyl (C=O) groups excluding carboxylic acids is 1. The number of halogens is 1. The average Bonchev–Trinajstić information content (AvgIpc) is 2.56. The number of hydrogen-bond donors (Lipinski definition) is 2. The zero-order valence-electron chi connectivity index (χ0n) is 13.0. The second-order valence-corrected chi connectivity index (χ2v) is 5.89. The Bertz CT molecular complexity index is 783. The van der Waals surface area contributed by atoms with Crippen molar-refractivity contribution in [1.29, 1.82) is 0 Å². The average molecular weight is 397 g/mol. The highest BCUT2D eigenvalue weighted by Gasteiger charge is 2.28. The quantitative estimate of drug-likeness (QED) is 0.728. The summed E-state index contributed by atoms with van der Waals surface area (Å²) >= 11 is 3.40. The monoisotopic (exact) mass is 396 g/mol. The van der Waals surface area contributed by atoms with Gasteiger partial charge < -0.3 is 19.4 Å². The lowest BCUT2D eigenvalue weighted by Crippen LogP contribution is -2.15. The first-order valence-electron chi connectivity index (χ1n) is 7.34. The van der Waals surface area contributed by atoms with Gasteiger partial charge in [-0.1, -0.05) is 34.1 Å². The SMILES string of the molecule is CCOC(=O)C[C@@H](c1ccccc1Br)c1oc(CO)cc(=O)c1O. The lowest BCUT2D eigenvalue weighted by molar-refractivity contribution is -0.143. The number of carbonyl (C=O) groups is 1. The smallest absolute Gasteiger partial charge is 0.306 e. The molecular weight excluding hydrogens is 380 g/mol. The second-order valence-electron chi connectivity index (χ2n) is 5.03. The van der Waals surface area contributed by atoms with Crippen LogP contribution in [0.1, 0.15) is 36.3 Å². The van der Waals surface area contributed by atoms with Gasteiger partial charge in [-0.25, -0.2) is 0 Å². The van der Waals surface area contributed by atoms with E-state index in [9.17, 15) is 19.8 Å². The van der Waals surface area contributed by atoms with E-state index in [1.54, 1.807) is 31.2 Å². The molecule has 24 heavy (non-hydrogen) atoms. The molecule has 0 saturated heterocycles. The molecule has 2 N–H and O–H groups in total. The summed E-state index contributed by atoms with van der Waals surface area (Å²) in [6.07, 6.45) is -0.123. The van der Waals surface area contributed by atoms with E-state index in [4.69, 9.17) is 9.15 Å². The fourth-order valence-electron chi connectivity index (χ4n) is 2.36. The zero-order valence-corrected chi connectivity index (χ0v) is 14.6. The van der Waals surface area contributed by atoms with Crippen molar-refractivity contribution in [3.63, 3.8) is 0 Å². The molecule has 0 radical (unpaired) electrons. The topological polar surface area (TPSA) is 97.0 Å². The molecule has 0 aliphatic heterocycles. The van der Waals surface area contributed by atoms with Crippen molar-refractivity contribution in [2.45, 2.75) is 25.9 Å². The number of ether oxygens (including phenoxy) is 1. The molecule has 7 heteroatoms. The lowest BCUT2D eigenvalue weighted by atomic mass is 9.92. The van der Waals surface area contributed by atoms with Crippen LogP contribution in [0.3, 0.4) is 0 Å². The predicted molar refractivity (Wildman–Crippen MR) is 89.8 cm³/mol. The Morgan fingerprint density at radius 1 is 1.38 bits per heavy atom. The van der Waals surface area contributed by atoms with Gasteiger partial charge in [0.1, 0.15) is 12.4 Å². The summed E-state index contributed by atoms with van der Waals surface area (Å²) in [7, 11) is 0. The van der Waals surface area contributed by atoms with Crippen molar-refractivity contribution in [2.75, 3.05) is 6.61 Å². The van der Waals surface area contributed by atoms with E-state index < -0.39 is 29.7 Å². The highest BCUT2D eigenvalue weighted by molar-refractivity contribution is 9.10. The molecule has 2 aromatic rings. The van der Waals surface area contributed by atoms with Crippen molar-refractivity contribution in [3.05, 3.63) is 62.1 Å². The van der Waals surface area contributed by atoms with Crippen LogP contribution in [0, 0.1) is 0 Å². The molecule has 6 nitrogen and oxygen atoms in total. The first kappa shape index (κ1) is 18.2. The third kappa shape index (κ3) is 4.04. The Morgan fingerprint density at radius 3 is 2.71 bits per heavy atom. The van der Waals surface area contributed by atoms with Gasteiger partial charge in [-0.2, -0.15) is 0 Å². The Morgan fingerprint density at radius 2 is 2.08 bits per heavy atom. The van der Waals surface area contributed by atoms with Gasteiger partial charge in [-0.05, 0) is 18.6 Å². The number of aliphatic hydroxyl groups is 1. The molecule has 0 saturated carbocycles. The van der Waals surface area contributed by atoms with Crippen molar-refractivity contribution >= 4 is 21.9 Å². The molecule has 2 rings (SSSR count). The van der Waals surface area contributed by atoms with Gasteiger partial charge in [0.25, 0.3) is 0 Å². The summed E-state index contributed by atoms with van der Waals surface area (Å²) in [5.41, 5.74) is -0.0275. The normalized spacial score (nSPS) is 12.0. The molecule has 0 spiro atoms. The van der Waals surface area contributed by atoms with Gasteiger partial charge in [-0.3, -0.25) is 9.59 Å². The number of benzene rings is 1. The Kier molecular flexibility index (Phi) is 6.16. The third-order valence-electron chi connectivity index (χ3n) is 3.43. The van der Waals surface area contributed by atoms with Crippen LogP contribution in [0.5, 0.6) is 5.75 Å². The standard InChI is InChI=1S/C17H17BrO6/c1-2-23-15(21)8-12(11-5-3-4-6-13(11)18)17-16(22)14(20)7-10(9-19)24-17/h3-7,12,19,22H,2,8-9H2,1H3/t12-/m0/s1. The Balaban J connectivity index is 2.58. The minimum atomic E-state index is -0.737. The summed E-state index contributed by atoms with van der Waals surface area (Å²) in [4.78, 5) is 23.9. The highest BCUT2D eigenvalue weighted by atomic mass is 79.9. The molecular formula is C17H17BrO6. The fraction of sp³-hybridized carbons (Fsp3) is 0.294. The largest absolute Gasteiger partial charge is 0.502 e. The van der Waals surface area contributed by atoms with Gasteiger partial charge in [0, 0.05) is 10.5 Å². The first-order chi connectivity index (χ1) is 11.5. The van der Waals surface area contributed by atoms with Crippen LogP contribution in [0.2, 0.25) is 0 Å². The molecule has 128 valence electrons. The maximum atomic E-state index is 12.0. The summed E-state index contributed by atoms with van der Waals surface area (Å²) < 4.78 is 11.1. The number of esters is 1. The van der Waals surface area contributed by atoms with Crippen molar-refractivity contribution < 1.29 is 24.2 Å². The summed E-state index contributed by atoms with van der Waals surface area (Å²) in [6, 6.07) is 8.11. The molecule has 1 heterocycles. The van der Waals surface area contributed by atoms with Crippen LogP contribution in [0.4, 0.5) is 0 Å². The molecule has 1 atom stereocenters. The molecule has 0 aliphatic rings. The van der Waals surface area contributed by atoms with E-state index in [0.717, 1.165) is 6.07 Å². The summed E-state index contributed by atoms with van der Waals surface area (Å²) in [5.74, 6) is -1.88. The summed E-state index contributed by atoms with van der Waals surface area (Å²) in [5, 5.41) is 19.4. The minimum absolute atomic E-state index is 0.00807. The van der Waals surface area contributed by atoms with E-state index in [0.29, 0.717) is 10.0 Å². The van der Waals surface area contributed by atoms with E-state index in [1.807, 2.05) is 0 Å². The molecule has 0 bridgehead atoms. The van der Waals surface area contributed by atoms with Crippen LogP contribution in [-0.2, 0) is 16.1 Å². The Labute approximate surface area is 146 Å². The summed E-state index contributed by atoms with van der Waals surface area (Å²) in [6.45, 7) is 1.41. The van der Waals surface area contributed by atoms with Crippen molar-refractivity contribution in [1.82, 2.24) is 0 Å². The number of hydrogen-bond acceptors (Lipinski definition) is 6. The molecule has 1 aromatic heterocycles. The van der Waals surface area contributed by atoms with Crippen LogP contribution >= 0.6 is 15.9 Å². The minimum Gasteiger partial charge on any atom is -0.502 e. The number of aromatic hydroxyl groups is 1. The maximum Gasteiger partial charge on any atom is 0.306 e.